The third kappa shape index (κ3) is 5.14. The summed E-state index contributed by atoms with van der Waals surface area (Å²) in [6.07, 6.45) is 5.57. The van der Waals surface area contributed by atoms with Crippen LogP contribution in [-0.2, 0) is 22.4 Å². The number of benzene rings is 2. The van der Waals surface area contributed by atoms with Gasteiger partial charge in [-0.3, -0.25) is 9.59 Å². The maximum Gasteiger partial charge on any atom is 0.224 e. The van der Waals surface area contributed by atoms with Crippen molar-refractivity contribution in [2.24, 2.45) is 5.92 Å². The largest absolute Gasteiger partial charge is 0.497 e. The van der Waals surface area contributed by atoms with Crippen LogP contribution < -0.4 is 4.74 Å². The Bertz CT molecular complexity index is 932. The SMILES string of the molecule is COc1ccc(CCC2CCN(C(=O)CC3c4ccccc4CCN3C(C)=O)CC2)cc1. The van der Waals surface area contributed by atoms with Crippen LogP contribution in [0.2, 0.25) is 0 Å². The van der Waals surface area contributed by atoms with Crippen LogP contribution in [0.4, 0.5) is 0 Å². The molecule has 1 saturated heterocycles. The number of carbonyl (C=O) groups excluding carboxylic acids is 2. The molecule has 0 saturated carbocycles. The van der Waals surface area contributed by atoms with E-state index in [2.05, 4.69) is 24.3 Å². The van der Waals surface area contributed by atoms with Crippen LogP contribution in [0.15, 0.2) is 48.5 Å². The third-order valence-electron chi connectivity index (χ3n) is 7.15. The van der Waals surface area contributed by atoms with E-state index in [-0.39, 0.29) is 17.9 Å². The summed E-state index contributed by atoms with van der Waals surface area (Å²) < 4.78 is 5.23. The van der Waals surface area contributed by atoms with Crippen molar-refractivity contribution in [3.8, 4) is 5.75 Å². The maximum atomic E-state index is 13.2. The molecule has 2 aromatic rings. The average Bonchev–Trinajstić information content (AvgIpc) is 2.83. The van der Waals surface area contributed by atoms with Crippen molar-refractivity contribution in [3.63, 3.8) is 0 Å². The predicted octanol–water partition coefficient (Wildman–Crippen LogP) is 4.40. The van der Waals surface area contributed by atoms with Crippen LogP contribution >= 0.6 is 0 Å². The van der Waals surface area contributed by atoms with Gasteiger partial charge in [0.2, 0.25) is 11.8 Å². The smallest absolute Gasteiger partial charge is 0.224 e. The Kier molecular flexibility index (Phi) is 7.13. The first-order valence-corrected chi connectivity index (χ1v) is 11.8. The number of piperidine rings is 1. The lowest BCUT2D eigenvalue weighted by atomic mass is 9.88. The number of hydrogen-bond donors (Lipinski definition) is 0. The Balaban J connectivity index is 1.30. The van der Waals surface area contributed by atoms with Gasteiger partial charge in [0, 0.05) is 26.6 Å². The molecule has 170 valence electrons. The summed E-state index contributed by atoms with van der Waals surface area (Å²) in [6, 6.07) is 16.4. The molecule has 2 aliphatic heterocycles. The molecule has 0 spiro atoms. The molecule has 0 N–H and O–H groups in total. The Labute approximate surface area is 191 Å². The zero-order chi connectivity index (χ0) is 22.5. The molecule has 2 aliphatic rings. The molecule has 0 aliphatic carbocycles. The number of methoxy groups -OCH3 is 1. The standard InChI is InChI=1S/C27H34N2O3/c1-20(30)29-18-15-23-5-3-4-6-25(23)26(29)19-27(31)28-16-13-22(14-17-28)8-7-21-9-11-24(32-2)12-10-21/h3-6,9-12,22,26H,7-8,13-19H2,1-2H3. The van der Waals surface area contributed by atoms with Gasteiger partial charge in [0.05, 0.1) is 19.6 Å². The maximum absolute atomic E-state index is 13.2. The molecular formula is C27H34N2O3. The highest BCUT2D eigenvalue weighted by Gasteiger charge is 2.32. The number of amides is 2. The zero-order valence-corrected chi connectivity index (χ0v) is 19.3. The summed E-state index contributed by atoms with van der Waals surface area (Å²) in [5, 5.41) is 0. The van der Waals surface area contributed by atoms with Crippen molar-refractivity contribution in [2.75, 3.05) is 26.7 Å². The van der Waals surface area contributed by atoms with Gasteiger partial charge in [-0.05, 0) is 66.8 Å². The normalized spacial score (nSPS) is 18.9. The Morgan fingerprint density at radius 3 is 2.41 bits per heavy atom. The summed E-state index contributed by atoms with van der Waals surface area (Å²) >= 11 is 0. The lowest BCUT2D eigenvalue weighted by Gasteiger charge is -2.38. The first-order chi connectivity index (χ1) is 15.5. The van der Waals surface area contributed by atoms with E-state index in [0.29, 0.717) is 18.9 Å². The highest BCUT2D eigenvalue weighted by Crippen LogP contribution is 2.33. The molecule has 2 aromatic carbocycles. The number of rotatable bonds is 6. The number of likely N-dealkylation sites (tertiary alicyclic amines) is 1. The van der Waals surface area contributed by atoms with Crippen LogP contribution in [-0.4, -0.2) is 48.4 Å². The van der Waals surface area contributed by atoms with Crippen LogP contribution in [0, 0.1) is 5.92 Å². The predicted molar refractivity (Wildman–Crippen MR) is 126 cm³/mol. The molecule has 0 aromatic heterocycles. The third-order valence-corrected chi connectivity index (χ3v) is 7.15. The molecule has 0 bridgehead atoms. The summed E-state index contributed by atoms with van der Waals surface area (Å²) in [6.45, 7) is 3.94. The molecule has 1 fully saturated rings. The van der Waals surface area contributed by atoms with Gasteiger partial charge in [-0.25, -0.2) is 0 Å². The lowest BCUT2D eigenvalue weighted by molar-refractivity contribution is -0.137. The van der Waals surface area contributed by atoms with E-state index >= 15 is 0 Å². The number of aryl methyl sites for hydroxylation is 1. The minimum atomic E-state index is -0.141. The van der Waals surface area contributed by atoms with E-state index < -0.39 is 0 Å². The summed E-state index contributed by atoms with van der Waals surface area (Å²) in [5.41, 5.74) is 3.74. The molecule has 1 atom stereocenters. The minimum absolute atomic E-state index is 0.0505. The van der Waals surface area contributed by atoms with E-state index in [1.165, 1.54) is 11.1 Å². The molecule has 32 heavy (non-hydrogen) atoms. The van der Waals surface area contributed by atoms with Gasteiger partial charge in [0.15, 0.2) is 0 Å². The van der Waals surface area contributed by atoms with Gasteiger partial charge in [-0.1, -0.05) is 36.4 Å². The molecule has 2 heterocycles. The fourth-order valence-electron chi connectivity index (χ4n) is 5.18. The quantitative estimate of drug-likeness (QED) is 0.677. The number of nitrogens with zero attached hydrogens (tertiary/aromatic N) is 2. The fourth-order valence-corrected chi connectivity index (χ4v) is 5.18. The number of fused-ring (bicyclic) bond motifs is 1. The highest BCUT2D eigenvalue weighted by molar-refractivity contribution is 5.80. The molecule has 0 radical (unpaired) electrons. The fraction of sp³-hybridized carbons (Fsp3) is 0.481. The summed E-state index contributed by atoms with van der Waals surface area (Å²) in [5.74, 6) is 1.77. The summed E-state index contributed by atoms with van der Waals surface area (Å²) in [4.78, 5) is 29.3. The van der Waals surface area contributed by atoms with E-state index in [1.807, 2.05) is 34.1 Å². The minimum Gasteiger partial charge on any atom is -0.497 e. The molecule has 5 heteroatoms. The van der Waals surface area contributed by atoms with Crippen molar-refractivity contribution >= 4 is 11.8 Å². The lowest BCUT2D eigenvalue weighted by Crippen LogP contribution is -2.44. The Hall–Kier alpha value is -2.82. The van der Waals surface area contributed by atoms with Crippen molar-refractivity contribution in [3.05, 3.63) is 65.2 Å². The van der Waals surface area contributed by atoms with Crippen LogP contribution in [0.3, 0.4) is 0 Å². The van der Waals surface area contributed by atoms with Crippen LogP contribution in [0.5, 0.6) is 5.75 Å². The van der Waals surface area contributed by atoms with E-state index in [4.69, 9.17) is 4.74 Å². The van der Waals surface area contributed by atoms with Crippen molar-refractivity contribution in [1.82, 2.24) is 9.80 Å². The highest BCUT2D eigenvalue weighted by atomic mass is 16.5. The first kappa shape index (κ1) is 22.4. The van der Waals surface area contributed by atoms with E-state index in [0.717, 1.165) is 56.5 Å². The van der Waals surface area contributed by atoms with Crippen LogP contribution in [0.1, 0.15) is 55.3 Å². The van der Waals surface area contributed by atoms with E-state index in [1.54, 1.807) is 14.0 Å². The van der Waals surface area contributed by atoms with Crippen LogP contribution in [0.25, 0.3) is 0 Å². The second-order valence-corrected chi connectivity index (χ2v) is 9.09. The topological polar surface area (TPSA) is 49.9 Å². The Morgan fingerprint density at radius 2 is 1.72 bits per heavy atom. The number of carbonyl (C=O) groups is 2. The zero-order valence-electron chi connectivity index (χ0n) is 19.3. The van der Waals surface area contributed by atoms with Gasteiger partial charge in [0.1, 0.15) is 5.75 Å². The van der Waals surface area contributed by atoms with Crippen molar-refractivity contribution < 1.29 is 14.3 Å². The first-order valence-electron chi connectivity index (χ1n) is 11.8. The molecule has 1 unspecified atom stereocenters. The second kappa shape index (κ2) is 10.2. The molecule has 4 rings (SSSR count). The molecular weight excluding hydrogens is 400 g/mol. The Morgan fingerprint density at radius 1 is 1.00 bits per heavy atom. The van der Waals surface area contributed by atoms with Crippen molar-refractivity contribution in [2.45, 2.75) is 51.5 Å². The van der Waals surface area contributed by atoms with Gasteiger partial charge in [-0.2, -0.15) is 0 Å². The van der Waals surface area contributed by atoms with E-state index in [9.17, 15) is 9.59 Å². The number of hydrogen-bond acceptors (Lipinski definition) is 3. The molecule has 2 amide bonds. The van der Waals surface area contributed by atoms with Crippen molar-refractivity contribution in [1.29, 1.82) is 0 Å². The molecule has 5 nitrogen and oxygen atoms in total. The monoisotopic (exact) mass is 434 g/mol. The summed E-state index contributed by atoms with van der Waals surface area (Å²) in [7, 11) is 1.69. The van der Waals surface area contributed by atoms with Gasteiger partial charge < -0.3 is 14.5 Å². The van der Waals surface area contributed by atoms with Gasteiger partial charge >= 0.3 is 0 Å². The van der Waals surface area contributed by atoms with Gasteiger partial charge in [-0.15, -0.1) is 0 Å². The second-order valence-electron chi connectivity index (χ2n) is 9.09. The number of ether oxygens (including phenoxy) is 1. The van der Waals surface area contributed by atoms with Gasteiger partial charge in [0.25, 0.3) is 0 Å². The average molecular weight is 435 g/mol.